The fourth-order valence-corrected chi connectivity index (χ4v) is 2.95. The van der Waals surface area contributed by atoms with Gasteiger partial charge in [0.25, 0.3) is 0 Å². The number of rotatable bonds is 3. The molecule has 1 aromatic heterocycles. The van der Waals surface area contributed by atoms with Crippen LogP contribution < -0.4 is 10.5 Å². The van der Waals surface area contributed by atoms with Gasteiger partial charge in [-0.25, -0.2) is 9.97 Å². The number of aromatic nitrogens is 2. The Morgan fingerprint density at radius 2 is 1.90 bits per heavy atom. The van der Waals surface area contributed by atoms with Gasteiger partial charge in [0.2, 0.25) is 0 Å². The van der Waals surface area contributed by atoms with Gasteiger partial charge in [-0.05, 0) is 31.7 Å². The van der Waals surface area contributed by atoms with Crippen LogP contribution in [-0.4, -0.2) is 17.1 Å². The highest BCUT2D eigenvalue weighted by Crippen LogP contribution is 2.25. The molecule has 4 heteroatoms. The van der Waals surface area contributed by atoms with Crippen LogP contribution in [0.1, 0.15) is 41.9 Å². The van der Waals surface area contributed by atoms with Gasteiger partial charge in [0.1, 0.15) is 17.4 Å². The first-order valence-corrected chi connectivity index (χ1v) is 7.54. The second kappa shape index (κ2) is 6.12. The lowest BCUT2D eigenvalue weighted by Gasteiger charge is -2.12. The van der Waals surface area contributed by atoms with Crippen molar-refractivity contribution in [2.75, 3.05) is 12.8 Å². The molecule has 0 unspecified atom stereocenters. The van der Waals surface area contributed by atoms with Crippen molar-refractivity contribution in [1.29, 1.82) is 0 Å². The monoisotopic (exact) mass is 283 g/mol. The molecule has 110 valence electrons. The molecule has 1 aromatic carbocycles. The maximum absolute atomic E-state index is 6.15. The lowest BCUT2D eigenvalue weighted by molar-refractivity contribution is 0.410. The van der Waals surface area contributed by atoms with Crippen LogP contribution in [0.5, 0.6) is 5.75 Å². The minimum atomic E-state index is 0.654. The Hall–Kier alpha value is -2.10. The molecular formula is C17H21N3O. The molecule has 21 heavy (non-hydrogen) atoms. The predicted octanol–water partition coefficient (Wildman–Crippen LogP) is 2.93. The van der Waals surface area contributed by atoms with Gasteiger partial charge in [0.05, 0.1) is 7.11 Å². The molecule has 0 atom stereocenters. The molecule has 0 aliphatic heterocycles. The van der Waals surface area contributed by atoms with Gasteiger partial charge >= 0.3 is 0 Å². The number of para-hydroxylation sites is 1. The number of hydrogen-bond donors (Lipinski definition) is 1. The molecule has 2 aromatic rings. The Morgan fingerprint density at radius 3 is 2.76 bits per heavy atom. The third-order valence-electron chi connectivity index (χ3n) is 4.05. The Balaban J connectivity index is 1.93. The summed E-state index contributed by atoms with van der Waals surface area (Å²) in [5.74, 6) is 2.32. The standard InChI is InChI=1S/C17H21N3O/c1-21-15-10-6-5-7-12(15)11-16-19-14-9-4-2-3-8-13(14)17(18)20-16/h5-7,10H,2-4,8-9,11H2,1H3,(H2,18,19,20). The summed E-state index contributed by atoms with van der Waals surface area (Å²) in [4.78, 5) is 9.27. The summed E-state index contributed by atoms with van der Waals surface area (Å²) in [7, 11) is 1.69. The number of fused-ring (bicyclic) bond motifs is 1. The van der Waals surface area contributed by atoms with Crippen LogP contribution >= 0.6 is 0 Å². The average molecular weight is 283 g/mol. The van der Waals surface area contributed by atoms with Crippen LogP contribution in [0.25, 0.3) is 0 Å². The van der Waals surface area contributed by atoms with Crippen LogP contribution in [0, 0.1) is 0 Å². The van der Waals surface area contributed by atoms with E-state index in [1.165, 1.54) is 19.3 Å². The summed E-state index contributed by atoms with van der Waals surface area (Å²) in [6.45, 7) is 0. The van der Waals surface area contributed by atoms with Crippen molar-refractivity contribution in [3.63, 3.8) is 0 Å². The van der Waals surface area contributed by atoms with E-state index in [4.69, 9.17) is 15.5 Å². The zero-order valence-electron chi connectivity index (χ0n) is 12.4. The number of hydrogen-bond acceptors (Lipinski definition) is 4. The molecule has 1 heterocycles. The Bertz CT molecular complexity index is 640. The molecule has 0 spiro atoms. The molecule has 0 saturated heterocycles. The van der Waals surface area contributed by atoms with Gasteiger partial charge < -0.3 is 10.5 Å². The molecule has 0 fully saturated rings. The molecule has 0 saturated carbocycles. The van der Waals surface area contributed by atoms with E-state index in [-0.39, 0.29) is 0 Å². The Morgan fingerprint density at radius 1 is 1.10 bits per heavy atom. The topological polar surface area (TPSA) is 61.0 Å². The number of benzene rings is 1. The summed E-state index contributed by atoms with van der Waals surface area (Å²) >= 11 is 0. The molecule has 4 nitrogen and oxygen atoms in total. The van der Waals surface area contributed by atoms with Crippen molar-refractivity contribution < 1.29 is 4.74 Å². The van der Waals surface area contributed by atoms with E-state index < -0.39 is 0 Å². The molecule has 1 aliphatic carbocycles. The highest BCUT2D eigenvalue weighted by molar-refractivity contribution is 5.44. The first kappa shape index (κ1) is 13.9. The Labute approximate surface area is 125 Å². The summed E-state index contributed by atoms with van der Waals surface area (Å²) in [6, 6.07) is 7.98. The quantitative estimate of drug-likeness (QED) is 0.880. The van der Waals surface area contributed by atoms with E-state index in [1.54, 1.807) is 7.11 Å². The first-order valence-electron chi connectivity index (χ1n) is 7.54. The average Bonchev–Trinajstić information content (AvgIpc) is 2.73. The van der Waals surface area contributed by atoms with Crippen LogP contribution in [0.4, 0.5) is 5.82 Å². The molecule has 0 radical (unpaired) electrons. The predicted molar refractivity (Wildman–Crippen MR) is 83.5 cm³/mol. The largest absolute Gasteiger partial charge is 0.496 e. The fourth-order valence-electron chi connectivity index (χ4n) is 2.95. The number of methoxy groups -OCH3 is 1. The molecule has 1 aliphatic rings. The van der Waals surface area contributed by atoms with Gasteiger partial charge in [-0.3, -0.25) is 0 Å². The van der Waals surface area contributed by atoms with Crippen LogP contribution in [0.2, 0.25) is 0 Å². The number of nitrogens with two attached hydrogens (primary N) is 1. The second-order valence-electron chi connectivity index (χ2n) is 5.50. The van der Waals surface area contributed by atoms with E-state index in [1.807, 2.05) is 24.3 Å². The lowest BCUT2D eigenvalue weighted by Crippen LogP contribution is -2.09. The molecule has 0 amide bonds. The number of nitrogens with zero attached hydrogens (tertiary/aromatic N) is 2. The zero-order chi connectivity index (χ0) is 14.7. The van der Waals surface area contributed by atoms with Gasteiger partial charge in [-0.1, -0.05) is 24.6 Å². The summed E-state index contributed by atoms with van der Waals surface area (Å²) in [5.41, 5.74) is 9.55. The van der Waals surface area contributed by atoms with Crippen molar-refractivity contribution in [1.82, 2.24) is 9.97 Å². The maximum atomic E-state index is 6.15. The van der Waals surface area contributed by atoms with E-state index in [0.717, 1.165) is 41.2 Å². The first-order chi connectivity index (χ1) is 10.3. The Kier molecular flexibility index (Phi) is 4.04. The van der Waals surface area contributed by atoms with Crippen molar-refractivity contribution >= 4 is 5.82 Å². The third kappa shape index (κ3) is 2.99. The fraction of sp³-hybridized carbons (Fsp3) is 0.412. The van der Waals surface area contributed by atoms with E-state index in [2.05, 4.69) is 4.98 Å². The van der Waals surface area contributed by atoms with Gasteiger partial charge in [-0.2, -0.15) is 0 Å². The molecule has 0 bridgehead atoms. The number of anilines is 1. The summed E-state index contributed by atoms with van der Waals surface area (Å²) < 4.78 is 5.39. The van der Waals surface area contributed by atoms with Crippen molar-refractivity contribution in [2.45, 2.75) is 38.5 Å². The maximum Gasteiger partial charge on any atom is 0.135 e. The SMILES string of the molecule is COc1ccccc1Cc1nc(N)c2c(n1)CCCCC2. The van der Waals surface area contributed by atoms with Gasteiger partial charge in [-0.15, -0.1) is 0 Å². The van der Waals surface area contributed by atoms with Crippen molar-refractivity contribution in [3.05, 3.63) is 46.9 Å². The number of ether oxygens (including phenoxy) is 1. The number of nitrogen functional groups attached to an aromatic ring is 1. The van der Waals surface area contributed by atoms with E-state index >= 15 is 0 Å². The summed E-state index contributed by atoms with van der Waals surface area (Å²) in [6.07, 6.45) is 6.31. The zero-order valence-corrected chi connectivity index (χ0v) is 12.4. The normalized spacial score (nSPS) is 14.3. The van der Waals surface area contributed by atoms with Crippen molar-refractivity contribution in [3.8, 4) is 5.75 Å². The highest BCUT2D eigenvalue weighted by atomic mass is 16.5. The van der Waals surface area contributed by atoms with E-state index in [0.29, 0.717) is 12.2 Å². The highest BCUT2D eigenvalue weighted by Gasteiger charge is 2.15. The van der Waals surface area contributed by atoms with Crippen LogP contribution in [0.15, 0.2) is 24.3 Å². The van der Waals surface area contributed by atoms with Gasteiger partial charge in [0.15, 0.2) is 0 Å². The molecule has 3 rings (SSSR count). The van der Waals surface area contributed by atoms with Crippen LogP contribution in [-0.2, 0) is 19.3 Å². The van der Waals surface area contributed by atoms with Crippen LogP contribution in [0.3, 0.4) is 0 Å². The lowest BCUT2D eigenvalue weighted by atomic mass is 10.1. The second-order valence-corrected chi connectivity index (χ2v) is 5.50. The third-order valence-corrected chi connectivity index (χ3v) is 4.05. The smallest absolute Gasteiger partial charge is 0.135 e. The van der Waals surface area contributed by atoms with Crippen molar-refractivity contribution in [2.24, 2.45) is 0 Å². The number of aryl methyl sites for hydroxylation is 1. The minimum Gasteiger partial charge on any atom is -0.496 e. The summed E-state index contributed by atoms with van der Waals surface area (Å²) in [5, 5.41) is 0. The van der Waals surface area contributed by atoms with E-state index in [9.17, 15) is 0 Å². The minimum absolute atomic E-state index is 0.654. The molecular weight excluding hydrogens is 262 g/mol. The molecule has 2 N–H and O–H groups in total. The van der Waals surface area contributed by atoms with Gasteiger partial charge in [0, 0.05) is 23.2 Å².